The van der Waals surface area contributed by atoms with E-state index in [0.29, 0.717) is 13.1 Å². The number of piperidine rings is 1. The zero-order chi connectivity index (χ0) is 15.4. The molecule has 0 saturated carbocycles. The number of nitrogens with two attached hydrogens (primary N) is 1. The summed E-state index contributed by atoms with van der Waals surface area (Å²) in [7, 11) is 1.22. The first kappa shape index (κ1) is 15.4. The molecule has 1 unspecified atom stereocenters. The molecule has 0 spiro atoms. The van der Waals surface area contributed by atoms with Crippen LogP contribution in [0.4, 0.5) is 4.39 Å². The molecule has 0 radical (unpaired) electrons. The Morgan fingerprint density at radius 2 is 2.24 bits per heavy atom. The van der Waals surface area contributed by atoms with Crippen molar-refractivity contribution in [3.63, 3.8) is 0 Å². The summed E-state index contributed by atoms with van der Waals surface area (Å²) >= 11 is 0. The molecule has 1 saturated heterocycles. The Labute approximate surface area is 122 Å². The molecule has 6 heteroatoms. The van der Waals surface area contributed by atoms with Crippen LogP contribution in [0.25, 0.3) is 0 Å². The molecule has 1 aromatic carbocycles. The van der Waals surface area contributed by atoms with E-state index in [-0.39, 0.29) is 17.4 Å². The van der Waals surface area contributed by atoms with E-state index in [9.17, 15) is 14.0 Å². The van der Waals surface area contributed by atoms with E-state index in [0.717, 1.165) is 24.9 Å². The third-order valence-corrected chi connectivity index (χ3v) is 3.75. The van der Waals surface area contributed by atoms with Crippen LogP contribution in [0.5, 0.6) is 0 Å². The Morgan fingerprint density at radius 1 is 1.48 bits per heavy atom. The van der Waals surface area contributed by atoms with E-state index in [2.05, 4.69) is 9.64 Å². The zero-order valence-corrected chi connectivity index (χ0v) is 12.0. The number of likely N-dealkylation sites (tertiary alicyclic amines) is 1. The maximum absolute atomic E-state index is 13.9. The van der Waals surface area contributed by atoms with Gasteiger partial charge in [0.05, 0.1) is 18.6 Å². The number of benzene rings is 1. The van der Waals surface area contributed by atoms with Crippen molar-refractivity contribution in [1.82, 2.24) is 4.90 Å². The topological polar surface area (TPSA) is 72.6 Å². The second-order valence-corrected chi connectivity index (χ2v) is 5.28. The predicted octanol–water partition coefficient (Wildman–Crippen LogP) is 1.31. The molecule has 1 amide bonds. The van der Waals surface area contributed by atoms with Crippen molar-refractivity contribution in [1.29, 1.82) is 0 Å². The Balaban J connectivity index is 2.04. The van der Waals surface area contributed by atoms with Crippen LogP contribution >= 0.6 is 0 Å². The smallest absolute Gasteiger partial charge is 0.340 e. The van der Waals surface area contributed by atoms with Crippen molar-refractivity contribution in [3.8, 4) is 0 Å². The van der Waals surface area contributed by atoms with Crippen molar-refractivity contribution in [2.24, 2.45) is 11.7 Å². The highest BCUT2D eigenvalue weighted by atomic mass is 19.1. The van der Waals surface area contributed by atoms with E-state index in [1.54, 1.807) is 6.07 Å². The third kappa shape index (κ3) is 3.78. The molecular formula is C15H19FN2O3. The molecule has 1 aliphatic heterocycles. The molecule has 0 aliphatic carbocycles. The highest BCUT2D eigenvalue weighted by molar-refractivity contribution is 5.89. The lowest BCUT2D eigenvalue weighted by atomic mass is 9.97. The lowest BCUT2D eigenvalue weighted by Gasteiger charge is -2.31. The van der Waals surface area contributed by atoms with Gasteiger partial charge in [0, 0.05) is 13.1 Å². The molecule has 2 N–H and O–H groups in total. The van der Waals surface area contributed by atoms with Gasteiger partial charge in [0.2, 0.25) is 5.91 Å². The number of carbonyl (C=O) groups is 2. The minimum absolute atomic E-state index is 0.0742. The van der Waals surface area contributed by atoms with Gasteiger partial charge < -0.3 is 10.5 Å². The van der Waals surface area contributed by atoms with Gasteiger partial charge in [-0.15, -0.1) is 0 Å². The van der Waals surface area contributed by atoms with E-state index in [1.165, 1.54) is 19.2 Å². The first-order valence-corrected chi connectivity index (χ1v) is 6.89. The van der Waals surface area contributed by atoms with E-state index in [1.807, 2.05) is 0 Å². The van der Waals surface area contributed by atoms with Gasteiger partial charge in [0.25, 0.3) is 0 Å². The number of esters is 1. The number of carbonyl (C=O) groups excluding carboxylic acids is 2. The molecule has 21 heavy (non-hydrogen) atoms. The summed E-state index contributed by atoms with van der Waals surface area (Å²) in [5.41, 5.74) is 6.02. The quantitative estimate of drug-likeness (QED) is 0.850. The molecule has 1 heterocycles. The Hall–Kier alpha value is -1.95. The third-order valence-electron chi connectivity index (χ3n) is 3.75. The van der Waals surface area contributed by atoms with Crippen LogP contribution in [0, 0.1) is 11.7 Å². The van der Waals surface area contributed by atoms with Gasteiger partial charge in [-0.2, -0.15) is 0 Å². The van der Waals surface area contributed by atoms with E-state index in [4.69, 9.17) is 5.73 Å². The number of hydrogen-bond acceptors (Lipinski definition) is 4. The molecular weight excluding hydrogens is 275 g/mol. The second kappa shape index (κ2) is 6.67. The maximum Gasteiger partial charge on any atom is 0.340 e. The number of amides is 1. The van der Waals surface area contributed by atoms with Gasteiger partial charge in [-0.05, 0) is 37.1 Å². The average Bonchev–Trinajstić information content (AvgIpc) is 2.47. The zero-order valence-electron chi connectivity index (χ0n) is 12.0. The summed E-state index contributed by atoms with van der Waals surface area (Å²) < 4.78 is 18.4. The van der Waals surface area contributed by atoms with Crippen molar-refractivity contribution in [3.05, 3.63) is 35.1 Å². The maximum atomic E-state index is 13.9. The van der Waals surface area contributed by atoms with Crippen molar-refractivity contribution < 1.29 is 18.7 Å². The fourth-order valence-corrected chi connectivity index (χ4v) is 2.62. The standard InChI is InChI=1S/C15H19FN2O3/c1-21-15(20)12-5-4-10(7-13(12)16)8-18-6-2-3-11(9-18)14(17)19/h4-5,7,11H,2-3,6,8-9H2,1H3,(H2,17,19). The molecule has 1 aliphatic rings. The number of rotatable bonds is 4. The number of ether oxygens (including phenoxy) is 1. The van der Waals surface area contributed by atoms with Crippen LogP contribution in [-0.2, 0) is 16.1 Å². The first-order valence-electron chi connectivity index (χ1n) is 6.89. The number of hydrogen-bond donors (Lipinski definition) is 1. The molecule has 114 valence electrons. The minimum atomic E-state index is -0.689. The lowest BCUT2D eigenvalue weighted by Crippen LogP contribution is -2.40. The summed E-state index contributed by atoms with van der Waals surface area (Å²) in [6, 6.07) is 4.45. The monoisotopic (exact) mass is 294 g/mol. The summed E-state index contributed by atoms with van der Waals surface area (Å²) in [4.78, 5) is 24.6. The molecule has 2 rings (SSSR count). The van der Waals surface area contributed by atoms with Gasteiger partial charge in [0.15, 0.2) is 0 Å². The van der Waals surface area contributed by atoms with Crippen LogP contribution in [0.1, 0.15) is 28.8 Å². The predicted molar refractivity (Wildman–Crippen MR) is 74.9 cm³/mol. The highest BCUT2D eigenvalue weighted by Gasteiger charge is 2.24. The van der Waals surface area contributed by atoms with Gasteiger partial charge in [-0.3, -0.25) is 9.69 Å². The second-order valence-electron chi connectivity index (χ2n) is 5.28. The number of nitrogens with zero attached hydrogens (tertiary/aromatic N) is 1. The minimum Gasteiger partial charge on any atom is -0.465 e. The molecule has 1 atom stereocenters. The number of methoxy groups -OCH3 is 1. The number of halogens is 1. The Morgan fingerprint density at radius 3 is 2.86 bits per heavy atom. The SMILES string of the molecule is COC(=O)c1ccc(CN2CCCC(C(N)=O)C2)cc1F. The van der Waals surface area contributed by atoms with Crippen LogP contribution in [-0.4, -0.2) is 37.0 Å². The first-order chi connectivity index (χ1) is 10.0. The van der Waals surface area contributed by atoms with Crippen LogP contribution in [0.15, 0.2) is 18.2 Å². The highest BCUT2D eigenvalue weighted by Crippen LogP contribution is 2.19. The van der Waals surface area contributed by atoms with Gasteiger partial charge in [-0.1, -0.05) is 6.07 Å². The van der Waals surface area contributed by atoms with Gasteiger partial charge in [-0.25, -0.2) is 9.18 Å². The molecule has 1 aromatic rings. The van der Waals surface area contributed by atoms with E-state index < -0.39 is 11.8 Å². The summed E-state index contributed by atoms with van der Waals surface area (Å²) in [5, 5.41) is 0. The van der Waals surface area contributed by atoms with Gasteiger partial charge >= 0.3 is 5.97 Å². The van der Waals surface area contributed by atoms with Gasteiger partial charge in [0.1, 0.15) is 5.82 Å². The van der Waals surface area contributed by atoms with Crippen LogP contribution in [0.2, 0.25) is 0 Å². The summed E-state index contributed by atoms with van der Waals surface area (Å²) in [6.07, 6.45) is 1.71. The summed E-state index contributed by atoms with van der Waals surface area (Å²) in [5.74, 6) is -1.71. The molecule has 0 bridgehead atoms. The van der Waals surface area contributed by atoms with Crippen molar-refractivity contribution >= 4 is 11.9 Å². The molecule has 5 nitrogen and oxygen atoms in total. The Kier molecular flexibility index (Phi) is 4.90. The van der Waals surface area contributed by atoms with Crippen LogP contribution < -0.4 is 5.73 Å². The normalized spacial score (nSPS) is 19.2. The Bertz CT molecular complexity index is 548. The van der Waals surface area contributed by atoms with Crippen molar-refractivity contribution in [2.45, 2.75) is 19.4 Å². The lowest BCUT2D eigenvalue weighted by molar-refractivity contribution is -0.123. The van der Waals surface area contributed by atoms with E-state index >= 15 is 0 Å². The fourth-order valence-electron chi connectivity index (χ4n) is 2.62. The van der Waals surface area contributed by atoms with Crippen LogP contribution in [0.3, 0.4) is 0 Å². The molecule has 0 aromatic heterocycles. The average molecular weight is 294 g/mol. The van der Waals surface area contributed by atoms with Crippen molar-refractivity contribution in [2.75, 3.05) is 20.2 Å². The largest absolute Gasteiger partial charge is 0.465 e. The molecule has 1 fully saturated rings. The number of primary amides is 1. The summed E-state index contributed by atoms with van der Waals surface area (Å²) in [6.45, 7) is 1.97. The fraction of sp³-hybridized carbons (Fsp3) is 0.467.